The molecule has 30 heavy (non-hydrogen) atoms. The van der Waals surface area contributed by atoms with E-state index < -0.39 is 0 Å². The van der Waals surface area contributed by atoms with Crippen molar-refractivity contribution in [2.24, 2.45) is 4.99 Å². The molecule has 154 valence electrons. The molecule has 0 aliphatic rings. The lowest BCUT2D eigenvalue weighted by Crippen LogP contribution is -2.11. The molecule has 0 N–H and O–H groups in total. The van der Waals surface area contributed by atoms with Crippen molar-refractivity contribution < 1.29 is 18.9 Å². The van der Waals surface area contributed by atoms with E-state index in [1.165, 1.54) is 0 Å². The fraction of sp³-hybridized carbons (Fsp3) is 0.160. The number of benzene rings is 3. The Morgan fingerprint density at radius 3 is 2.30 bits per heavy atom. The van der Waals surface area contributed by atoms with Gasteiger partial charge in [-0.05, 0) is 50.2 Å². The van der Waals surface area contributed by atoms with E-state index in [0.29, 0.717) is 35.3 Å². The maximum Gasteiger partial charge on any atom is 0.225 e. The van der Waals surface area contributed by atoms with Gasteiger partial charge in [0.1, 0.15) is 11.5 Å². The molecule has 0 radical (unpaired) electrons. The maximum absolute atomic E-state index is 6.10. The summed E-state index contributed by atoms with van der Waals surface area (Å²) in [5.74, 6) is 3.04. The summed E-state index contributed by atoms with van der Waals surface area (Å²) in [4.78, 5) is 4.66. The summed E-state index contributed by atoms with van der Waals surface area (Å²) >= 11 is 0. The quantitative estimate of drug-likeness (QED) is 0.256. The molecule has 3 aromatic carbocycles. The first-order valence-electron chi connectivity index (χ1n) is 9.71. The van der Waals surface area contributed by atoms with Gasteiger partial charge in [-0.25, -0.2) is 4.99 Å². The third-order valence-electron chi connectivity index (χ3n) is 4.09. The second kappa shape index (κ2) is 10.7. The number of rotatable bonds is 8. The zero-order valence-electron chi connectivity index (χ0n) is 17.4. The van der Waals surface area contributed by atoms with E-state index in [1.807, 2.05) is 92.7 Å². The number of ether oxygens (including phenoxy) is 4. The van der Waals surface area contributed by atoms with Crippen LogP contribution in [0.5, 0.6) is 23.0 Å². The molecule has 5 nitrogen and oxygen atoms in total. The Balaban J connectivity index is 1.89. The first-order valence-corrected chi connectivity index (χ1v) is 9.71. The topological polar surface area (TPSA) is 49.3 Å². The smallest absolute Gasteiger partial charge is 0.225 e. The second-order valence-electron chi connectivity index (χ2n) is 6.33. The molecule has 0 heterocycles. The van der Waals surface area contributed by atoms with Crippen molar-refractivity contribution in [2.75, 3.05) is 13.7 Å². The molecule has 0 aliphatic heterocycles. The van der Waals surface area contributed by atoms with Gasteiger partial charge in [-0.3, -0.25) is 0 Å². The van der Waals surface area contributed by atoms with Crippen molar-refractivity contribution in [3.8, 4) is 23.0 Å². The van der Waals surface area contributed by atoms with E-state index >= 15 is 0 Å². The Bertz CT molecular complexity index is 1010. The van der Waals surface area contributed by atoms with Crippen molar-refractivity contribution in [2.45, 2.75) is 13.8 Å². The van der Waals surface area contributed by atoms with Gasteiger partial charge in [-0.2, -0.15) is 0 Å². The van der Waals surface area contributed by atoms with Gasteiger partial charge in [0.2, 0.25) is 5.90 Å². The molecule has 0 bridgehead atoms. The highest BCUT2D eigenvalue weighted by Gasteiger charge is 2.10. The summed E-state index contributed by atoms with van der Waals surface area (Å²) in [6.45, 7) is 4.40. The van der Waals surface area contributed by atoms with Crippen molar-refractivity contribution >= 4 is 11.6 Å². The Morgan fingerprint density at radius 2 is 1.57 bits per heavy atom. The lowest BCUT2D eigenvalue weighted by atomic mass is 10.3. The molecule has 0 atom stereocenters. The molecule has 3 aromatic rings. The van der Waals surface area contributed by atoms with Crippen molar-refractivity contribution in [1.29, 1.82) is 0 Å². The van der Waals surface area contributed by atoms with Crippen LogP contribution in [0.4, 0.5) is 5.69 Å². The third kappa shape index (κ3) is 5.88. The lowest BCUT2D eigenvalue weighted by molar-refractivity contribution is 0.339. The van der Waals surface area contributed by atoms with E-state index in [2.05, 4.69) is 4.99 Å². The maximum atomic E-state index is 6.10. The van der Waals surface area contributed by atoms with Crippen LogP contribution in [-0.2, 0) is 0 Å². The summed E-state index contributed by atoms with van der Waals surface area (Å²) in [5.41, 5.74) is 1.49. The summed E-state index contributed by atoms with van der Waals surface area (Å²) in [7, 11) is 1.61. The number of hydrogen-bond acceptors (Lipinski definition) is 5. The molecule has 0 unspecified atom stereocenters. The van der Waals surface area contributed by atoms with Gasteiger partial charge in [0, 0.05) is 11.6 Å². The lowest BCUT2D eigenvalue weighted by Gasteiger charge is -2.12. The molecular formula is C25H25NO4. The highest BCUT2D eigenvalue weighted by Crippen LogP contribution is 2.27. The number of hydrogen-bond donors (Lipinski definition) is 0. The van der Waals surface area contributed by atoms with E-state index in [-0.39, 0.29) is 0 Å². The molecule has 0 aliphatic carbocycles. The van der Waals surface area contributed by atoms with Crippen LogP contribution in [0, 0.1) is 0 Å². The van der Waals surface area contributed by atoms with Gasteiger partial charge in [0.05, 0.1) is 25.7 Å². The van der Waals surface area contributed by atoms with Gasteiger partial charge in [-0.1, -0.05) is 36.4 Å². The van der Waals surface area contributed by atoms with Gasteiger partial charge in [-0.15, -0.1) is 0 Å². The zero-order valence-corrected chi connectivity index (χ0v) is 17.4. The van der Waals surface area contributed by atoms with Crippen LogP contribution in [0.15, 0.2) is 95.7 Å². The van der Waals surface area contributed by atoms with Crippen molar-refractivity contribution in [3.05, 3.63) is 90.7 Å². The van der Waals surface area contributed by atoms with Gasteiger partial charge >= 0.3 is 0 Å². The summed E-state index contributed by atoms with van der Waals surface area (Å²) in [6.07, 6.45) is 1.60. The fourth-order valence-electron chi connectivity index (χ4n) is 2.64. The molecule has 0 aromatic heterocycles. The van der Waals surface area contributed by atoms with E-state index in [1.54, 1.807) is 13.4 Å². The molecular weight excluding hydrogens is 378 g/mol. The molecule has 0 amide bonds. The normalized spacial score (nSPS) is 11.7. The van der Waals surface area contributed by atoms with E-state index in [0.717, 1.165) is 11.4 Å². The molecule has 0 saturated carbocycles. The predicted molar refractivity (Wildman–Crippen MR) is 119 cm³/mol. The number of methoxy groups -OCH3 is 1. The van der Waals surface area contributed by atoms with Gasteiger partial charge in [0.25, 0.3) is 0 Å². The minimum absolute atomic E-state index is 0.421. The fourth-order valence-corrected chi connectivity index (χ4v) is 2.64. The van der Waals surface area contributed by atoms with Crippen molar-refractivity contribution in [1.82, 2.24) is 0 Å². The van der Waals surface area contributed by atoms with Crippen LogP contribution in [0.1, 0.15) is 13.8 Å². The van der Waals surface area contributed by atoms with Crippen LogP contribution in [0.3, 0.4) is 0 Å². The highest BCUT2D eigenvalue weighted by molar-refractivity contribution is 5.96. The Hall–Kier alpha value is -3.73. The first-order chi connectivity index (χ1) is 14.7. The molecule has 0 spiro atoms. The largest absolute Gasteiger partial charge is 0.494 e. The standard InChI is InChI=1S/C25H25NO4/c1-4-28-21-13-10-14-22(17-21)30-25(26-20-11-6-5-7-12-20)19(2)18-29-24-16-9-8-15-23(24)27-3/h5-18H,4H2,1-3H3/b19-18+,26-25?. The van der Waals surface area contributed by atoms with Crippen LogP contribution in [0.25, 0.3) is 0 Å². The van der Waals surface area contributed by atoms with E-state index in [9.17, 15) is 0 Å². The van der Waals surface area contributed by atoms with Gasteiger partial charge < -0.3 is 18.9 Å². The third-order valence-corrected chi connectivity index (χ3v) is 4.09. The highest BCUT2D eigenvalue weighted by atomic mass is 16.5. The number of para-hydroxylation sites is 3. The van der Waals surface area contributed by atoms with Crippen LogP contribution >= 0.6 is 0 Å². The number of nitrogens with zero attached hydrogens (tertiary/aromatic N) is 1. The van der Waals surface area contributed by atoms with Crippen LogP contribution < -0.4 is 18.9 Å². The van der Waals surface area contributed by atoms with Crippen LogP contribution in [-0.4, -0.2) is 19.6 Å². The first kappa shape index (κ1) is 21.0. The Morgan fingerprint density at radius 1 is 0.867 bits per heavy atom. The second-order valence-corrected chi connectivity index (χ2v) is 6.33. The zero-order chi connectivity index (χ0) is 21.2. The predicted octanol–water partition coefficient (Wildman–Crippen LogP) is 6.19. The summed E-state index contributed by atoms with van der Waals surface area (Å²) in [5, 5.41) is 0. The SMILES string of the molecule is CCOc1cccc(OC(=Nc2ccccc2)/C(C)=C/Oc2ccccc2OC)c1. The molecule has 0 fully saturated rings. The number of aliphatic imine (C=N–C) groups is 1. The van der Waals surface area contributed by atoms with Crippen LogP contribution in [0.2, 0.25) is 0 Å². The molecule has 3 rings (SSSR count). The van der Waals surface area contributed by atoms with Crippen molar-refractivity contribution in [3.63, 3.8) is 0 Å². The Labute approximate surface area is 177 Å². The molecule has 5 heteroatoms. The monoisotopic (exact) mass is 403 g/mol. The average Bonchev–Trinajstić information content (AvgIpc) is 2.78. The molecule has 0 saturated heterocycles. The van der Waals surface area contributed by atoms with E-state index in [4.69, 9.17) is 18.9 Å². The minimum Gasteiger partial charge on any atom is -0.494 e. The van der Waals surface area contributed by atoms with Gasteiger partial charge in [0.15, 0.2) is 11.5 Å². The summed E-state index contributed by atoms with van der Waals surface area (Å²) in [6, 6.07) is 24.5. The average molecular weight is 403 g/mol. The Kier molecular flexibility index (Phi) is 7.50. The minimum atomic E-state index is 0.421. The summed E-state index contributed by atoms with van der Waals surface area (Å²) < 4.78 is 22.8.